The first-order valence-electron chi connectivity index (χ1n) is 7.87. The summed E-state index contributed by atoms with van der Waals surface area (Å²) < 4.78 is 0. The standard InChI is InChI=1S/C17H20N2O3S/c1-10-3-2-4-13-15(10)18-14(19-16(13)20)9-23-12-7-5-11(6-8-12)17(21)22/h2-4,11-12H,5-9H2,1H3,(H,21,22)(H,18,19,20)/t11-,12+. The molecule has 1 saturated carbocycles. The lowest BCUT2D eigenvalue weighted by molar-refractivity contribution is -0.142. The molecule has 1 aromatic heterocycles. The Labute approximate surface area is 138 Å². The fourth-order valence-electron chi connectivity index (χ4n) is 3.09. The molecular formula is C17H20N2O3S. The molecule has 1 aliphatic rings. The summed E-state index contributed by atoms with van der Waals surface area (Å²) in [7, 11) is 0. The zero-order valence-electron chi connectivity index (χ0n) is 13.0. The molecule has 1 fully saturated rings. The molecule has 1 heterocycles. The van der Waals surface area contributed by atoms with Gasteiger partial charge in [0.15, 0.2) is 0 Å². The number of para-hydroxylation sites is 1. The second-order valence-electron chi connectivity index (χ2n) is 6.11. The number of hydrogen-bond donors (Lipinski definition) is 2. The van der Waals surface area contributed by atoms with E-state index in [4.69, 9.17) is 5.11 Å². The quantitative estimate of drug-likeness (QED) is 0.899. The van der Waals surface area contributed by atoms with Crippen molar-refractivity contribution in [1.82, 2.24) is 9.97 Å². The number of carboxylic acid groups (broad SMARTS) is 1. The highest BCUT2D eigenvalue weighted by Crippen LogP contribution is 2.33. The molecule has 0 bridgehead atoms. The van der Waals surface area contributed by atoms with Crippen molar-refractivity contribution in [3.63, 3.8) is 0 Å². The van der Waals surface area contributed by atoms with E-state index in [0.29, 0.717) is 22.2 Å². The molecule has 3 rings (SSSR count). The molecule has 122 valence electrons. The van der Waals surface area contributed by atoms with Gasteiger partial charge in [-0.1, -0.05) is 12.1 Å². The number of thioether (sulfide) groups is 1. The molecule has 5 nitrogen and oxygen atoms in total. The van der Waals surface area contributed by atoms with E-state index < -0.39 is 5.97 Å². The number of aromatic amines is 1. The average Bonchev–Trinajstić information content (AvgIpc) is 2.54. The molecule has 0 aliphatic heterocycles. The van der Waals surface area contributed by atoms with Gasteiger partial charge in [0.1, 0.15) is 5.82 Å². The van der Waals surface area contributed by atoms with Crippen LogP contribution in [0.25, 0.3) is 10.9 Å². The molecule has 0 atom stereocenters. The SMILES string of the molecule is Cc1cccc2c(=O)[nH]c(CS[C@H]3CC[C@@H](C(=O)O)CC3)nc12. The molecule has 0 amide bonds. The summed E-state index contributed by atoms with van der Waals surface area (Å²) in [6.45, 7) is 1.96. The maximum absolute atomic E-state index is 12.2. The molecule has 1 aliphatic carbocycles. The predicted octanol–water partition coefficient (Wildman–Crippen LogP) is 3.11. The van der Waals surface area contributed by atoms with E-state index in [2.05, 4.69) is 9.97 Å². The van der Waals surface area contributed by atoms with Gasteiger partial charge in [0, 0.05) is 5.25 Å². The third-order valence-electron chi connectivity index (χ3n) is 4.47. The number of aliphatic carboxylic acids is 1. The van der Waals surface area contributed by atoms with Gasteiger partial charge in [-0.05, 0) is 44.2 Å². The van der Waals surface area contributed by atoms with E-state index >= 15 is 0 Å². The van der Waals surface area contributed by atoms with E-state index in [0.717, 1.165) is 36.8 Å². The minimum absolute atomic E-state index is 0.0936. The van der Waals surface area contributed by atoms with Crippen molar-refractivity contribution in [3.8, 4) is 0 Å². The van der Waals surface area contributed by atoms with E-state index in [1.165, 1.54) is 0 Å². The first-order chi connectivity index (χ1) is 11.0. The monoisotopic (exact) mass is 332 g/mol. The van der Waals surface area contributed by atoms with Gasteiger partial charge in [-0.25, -0.2) is 4.98 Å². The van der Waals surface area contributed by atoms with Crippen molar-refractivity contribution in [3.05, 3.63) is 39.9 Å². The van der Waals surface area contributed by atoms with Crippen LogP contribution < -0.4 is 5.56 Å². The summed E-state index contributed by atoms with van der Waals surface area (Å²) in [5.41, 5.74) is 1.67. The Balaban J connectivity index is 1.67. The molecule has 0 spiro atoms. The van der Waals surface area contributed by atoms with E-state index in [9.17, 15) is 9.59 Å². The van der Waals surface area contributed by atoms with Crippen molar-refractivity contribution in [2.24, 2.45) is 5.92 Å². The fraction of sp³-hybridized carbons (Fsp3) is 0.471. The molecule has 2 aromatic rings. The number of nitrogens with one attached hydrogen (secondary N) is 1. The van der Waals surface area contributed by atoms with Gasteiger partial charge >= 0.3 is 5.97 Å². The fourth-order valence-corrected chi connectivity index (χ4v) is 4.23. The third kappa shape index (κ3) is 3.58. The third-order valence-corrected chi connectivity index (χ3v) is 5.85. The van der Waals surface area contributed by atoms with Crippen LogP contribution in [0.2, 0.25) is 0 Å². The molecule has 2 N–H and O–H groups in total. The summed E-state index contributed by atoms with van der Waals surface area (Å²) in [6.07, 6.45) is 3.32. The second-order valence-corrected chi connectivity index (χ2v) is 7.40. The molecule has 0 saturated heterocycles. The number of fused-ring (bicyclic) bond motifs is 1. The van der Waals surface area contributed by atoms with Crippen molar-refractivity contribution in [1.29, 1.82) is 0 Å². The van der Waals surface area contributed by atoms with Crippen molar-refractivity contribution in [2.45, 2.75) is 43.6 Å². The summed E-state index contributed by atoms with van der Waals surface area (Å²) in [5.74, 6) is 0.488. The van der Waals surface area contributed by atoms with Crippen LogP contribution in [0.1, 0.15) is 37.1 Å². The molecule has 6 heteroatoms. The van der Waals surface area contributed by atoms with Crippen molar-refractivity contribution < 1.29 is 9.90 Å². The van der Waals surface area contributed by atoms with Gasteiger partial charge < -0.3 is 10.1 Å². The number of carbonyl (C=O) groups is 1. The summed E-state index contributed by atoms with van der Waals surface area (Å²) >= 11 is 1.76. The van der Waals surface area contributed by atoms with Gasteiger partial charge in [0.2, 0.25) is 0 Å². The first kappa shape index (κ1) is 16.1. The lowest BCUT2D eigenvalue weighted by atomic mass is 9.89. The largest absolute Gasteiger partial charge is 0.481 e. The summed E-state index contributed by atoms with van der Waals surface area (Å²) in [6, 6.07) is 5.61. The first-order valence-corrected chi connectivity index (χ1v) is 8.92. The molecule has 23 heavy (non-hydrogen) atoms. The topological polar surface area (TPSA) is 83.0 Å². The van der Waals surface area contributed by atoms with Crippen LogP contribution >= 0.6 is 11.8 Å². The molecule has 0 radical (unpaired) electrons. The zero-order valence-corrected chi connectivity index (χ0v) is 13.9. The Morgan fingerprint density at radius 1 is 1.35 bits per heavy atom. The second kappa shape index (κ2) is 6.74. The van der Waals surface area contributed by atoms with Crippen molar-refractivity contribution in [2.75, 3.05) is 0 Å². The van der Waals surface area contributed by atoms with Gasteiger partial charge in [0.25, 0.3) is 5.56 Å². The van der Waals surface area contributed by atoms with Crippen LogP contribution in [0.3, 0.4) is 0 Å². The van der Waals surface area contributed by atoms with Gasteiger partial charge in [0.05, 0.1) is 22.6 Å². The van der Waals surface area contributed by atoms with Crippen LogP contribution in [0.5, 0.6) is 0 Å². The maximum Gasteiger partial charge on any atom is 0.306 e. The number of rotatable bonds is 4. The molecular weight excluding hydrogens is 312 g/mol. The smallest absolute Gasteiger partial charge is 0.306 e. The Morgan fingerprint density at radius 3 is 2.78 bits per heavy atom. The minimum atomic E-state index is -0.676. The normalized spacial score (nSPS) is 21.4. The Hall–Kier alpha value is -1.82. The Bertz CT molecular complexity index is 779. The average molecular weight is 332 g/mol. The number of aromatic nitrogens is 2. The number of nitrogens with zero attached hydrogens (tertiary/aromatic N) is 1. The number of carboxylic acids is 1. The van der Waals surface area contributed by atoms with E-state index in [1.807, 2.05) is 19.1 Å². The zero-order chi connectivity index (χ0) is 16.4. The molecule has 0 unspecified atom stereocenters. The number of H-pyrrole nitrogens is 1. The highest BCUT2D eigenvalue weighted by molar-refractivity contribution is 7.99. The van der Waals surface area contributed by atoms with Gasteiger partial charge in [-0.15, -0.1) is 0 Å². The van der Waals surface area contributed by atoms with Crippen LogP contribution in [-0.2, 0) is 10.5 Å². The lowest BCUT2D eigenvalue weighted by Crippen LogP contribution is -2.22. The Kier molecular flexibility index (Phi) is 4.71. The van der Waals surface area contributed by atoms with E-state index in [1.54, 1.807) is 17.8 Å². The number of hydrogen-bond acceptors (Lipinski definition) is 4. The van der Waals surface area contributed by atoms with E-state index in [-0.39, 0.29) is 11.5 Å². The van der Waals surface area contributed by atoms with Crippen LogP contribution in [0, 0.1) is 12.8 Å². The van der Waals surface area contributed by atoms with Crippen molar-refractivity contribution >= 4 is 28.6 Å². The minimum Gasteiger partial charge on any atom is -0.481 e. The van der Waals surface area contributed by atoms with Crippen LogP contribution in [0.4, 0.5) is 0 Å². The highest BCUT2D eigenvalue weighted by atomic mass is 32.2. The number of aryl methyl sites for hydroxylation is 1. The summed E-state index contributed by atoms with van der Waals surface area (Å²) in [5, 5.41) is 10.1. The van der Waals surface area contributed by atoms with Gasteiger partial charge in [-0.3, -0.25) is 9.59 Å². The van der Waals surface area contributed by atoms with Crippen LogP contribution in [0.15, 0.2) is 23.0 Å². The summed E-state index contributed by atoms with van der Waals surface area (Å²) in [4.78, 5) is 30.6. The van der Waals surface area contributed by atoms with Crippen LogP contribution in [-0.4, -0.2) is 26.3 Å². The number of benzene rings is 1. The van der Waals surface area contributed by atoms with Gasteiger partial charge in [-0.2, -0.15) is 11.8 Å². The predicted molar refractivity (Wildman–Crippen MR) is 91.8 cm³/mol. The maximum atomic E-state index is 12.2. The Morgan fingerprint density at radius 2 is 2.09 bits per heavy atom. The molecule has 1 aromatic carbocycles. The highest BCUT2D eigenvalue weighted by Gasteiger charge is 2.26. The lowest BCUT2D eigenvalue weighted by Gasteiger charge is -2.25.